The molecule has 0 spiro atoms. The predicted octanol–water partition coefficient (Wildman–Crippen LogP) is 6.02. The van der Waals surface area contributed by atoms with Crippen LogP contribution in [0.25, 0.3) is 0 Å². The van der Waals surface area contributed by atoms with Gasteiger partial charge < -0.3 is 0 Å². The highest BCUT2D eigenvalue weighted by Gasteiger charge is 2.56. The molecule has 0 bridgehead atoms. The number of carbonyl (C=O) groups is 2. The molecule has 0 saturated carbocycles. The Morgan fingerprint density at radius 1 is 0.963 bits per heavy atom. The van der Waals surface area contributed by atoms with Gasteiger partial charge in [-0.1, -0.05) is 16.1 Å². The zero-order valence-electron chi connectivity index (χ0n) is 14.7. The topological polar surface area (TPSA) is 37.4 Å². The third-order valence-electron chi connectivity index (χ3n) is 3.75. The molecule has 0 fully saturated rings. The van der Waals surface area contributed by atoms with E-state index in [0.29, 0.717) is 9.55 Å². The van der Waals surface area contributed by atoms with Crippen molar-refractivity contribution in [3.63, 3.8) is 0 Å². The van der Waals surface area contributed by atoms with Crippen molar-refractivity contribution in [3.05, 3.63) is 70.5 Å². The lowest BCUT2D eigenvalue weighted by Gasteiger charge is -2.40. The van der Waals surface area contributed by atoms with Crippen LogP contribution >= 0.6 is 47.6 Å². The Kier molecular flexibility index (Phi) is 7.68. The highest BCUT2D eigenvalue weighted by atomic mass is 35.5. The second-order valence-electron chi connectivity index (χ2n) is 6.61. The summed E-state index contributed by atoms with van der Waals surface area (Å²) in [7, 11) is 0. The highest BCUT2D eigenvalue weighted by molar-refractivity contribution is 6.30. The van der Waals surface area contributed by atoms with Gasteiger partial charge in [0.1, 0.15) is 11.4 Å². The van der Waals surface area contributed by atoms with Gasteiger partial charge in [0.25, 0.3) is 0 Å². The number of halogens is 5. The normalized spacial score (nSPS) is 13.3. The first-order valence-electron chi connectivity index (χ1n) is 7.64. The van der Waals surface area contributed by atoms with Gasteiger partial charge in [0.05, 0.1) is 17.3 Å². The van der Waals surface area contributed by atoms with Crippen molar-refractivity contribution < 1.29 is 18.1 Å². The van der Waals surface area contributed by atoms with E-state index in [1.165, 1.54) is 24.3 Å². The van der Waals surface area contributed by atoms with Crippen LogP contribution in [0.4, 0.5) is 4.39 Å². The van der Waals surface area contributed by atoms with E-state index < -0.39 is 27.3 Å². The van der Waals surface area contributed by atoms with Crippen molar-refractivity contribution >= 4 is 59.4 Å². The van der Waals surface area contributed by atoms with Crippen molar-refractivity contribution in [2.75, 3.05) is 0 Å². The van der Waals surface area contributed by atoms with Crippen LogP contribution in [0.5, 0.6) is 0 Å². The van der Waals surface area contributed by atoms with Gasteiger partial charge in [-0.3, -0.25) is 4.79 Å². The molecule has 1 unspecified atom stereocenters. The number of carbonyl (C=O) groups excluding carboxylic acids is 2. The van der Waals surface area contributed by atoms with Gasteiger partial charge in [0, 0.05) is 10.6 Å². The van der Waals surface area contributed by atoms with E-state index >= 15 is 0 Å². The summed E-state index contributed by atoms with van der Waals surface area (Å²) >= 11 is 18.7. The van der Waals surface area contributed by atoms with Crippen molar-refractivity contribution in [1.29, 1.82) is 0 Å². The lowest BCUT2D eigenvalue weighted by Crippen LogP contribution is -2.64. The van der Waals surface area contributed by atoms with Crippen LogP contribution in [0.2, 0.25) is 5.02 Å². The van der Waals surface area contributed by atoms with Gasteiger partial charge in [-0.15, -0.1) is 12.4 Å². The van der Waals surface area contributed by atoms with E-state index in [1.54, 1.807) is 32.9 Å². The van der Waals surface area contributed by atoms with E-state index in [9.17, 15) is 14.0 Å². The maximum absolute atomic E-state index is 13.1. The van der Waals surface area contributed by atoms with Gasteiger partial charge >= 0.3 is 11.8 Å². The summed E-state index contributed by atoms with van der Waals surface area (Å²) in [5.74, 6) is -1.84. The van der Waals surface area contributed by atoms with Crippen LogP contribution in [0, 0.1) is 5.82 Å². The summed E-state index contributed by atoms with van der Waals surface area (Å²) in [5, 5.41) is 0.454. The molecule has 0 aliphatic heterocycles. The number of hydrogen-bond acceptors (Lipinski definition) is 2. The fourth-order valence-corrected chi connectivity index (χ4v) is 2.92. The van der Waals surface area contributed by atoms with Crippen molar-refractivity contribution in [1.82, 2.24) is 4.53 Å². The lowest BCUT2D eigenvalue weighted by molar-refractivity contribution is -0.871. The molecule has 9 heteroatoms. The first-order valence-corrected chi connectivity index (χ1v) is 8.69. The molecule has 0 aliphatic carbocycles. The van der Waals surface area contributed by atoms with Gasteiger partial charge in [0.15, 0.2) is 0 Å². The van der Waals surface area contributed by atoms with Crippen LogP contribution in [-0.2, 0) is 0 Å². The molecule has 0 heterocycles. The van der Waals surface area contributed by atoms with Crippen molar-refractivity contribution in [2.45, 2.75) is 26.3 Å². The molecule has 0 saturated heterocycles. The highest BCUT2D eigenvalue weighted by Crippen LogP contribution is 2.37. The van der Waals surface area contributed by atoms with Crippen LogP contribution < -0.4 is 0 Å². The molecule has 4 nitrogen and oxygen atoms in total. The number of amides is 2. The van der Waals surface area contributed by atoms with Gasteiger partial charge in [0.2, 0.25) is 11.8 Å². The summed E-state index contributed by atoms with van der Waals surface area (Å²) in [6.45, 7) is 5.00. The SMILES string of the molecule is CC(C)(C)[N+](Cl)(C(=O)c1ccc(Cl)cc1)N(Cl)C(=O)c1ccc(F)cc1.Cl. The molecule has 27 heavy (non-hydrogen) atoms. The number of rotatable bonds is 2. The smallest absolute Gasteiger partial charge is 0.262 e. The summed E-state index contributed by atoms with van der Waals surface area (Å²) < 4.78 is 12.7. The van der Waals surface area contributed by atoms with Crippen LogP contribution in [0.15, 0.2) is 48.5 Å². The minimum absolute atomic E-state index is 0. The molecular weight excluding hydrogens is 437 g/mol. The Balaban J connectivity index is 0.00000364. The van der Waals surface area contributed by atoms with Crippen molar-refractivity contribution in [3.8, 4) is 0 Å². The van der Waals surface area contributed by atoms with Crippen LogP contribution in [0.1, 0.15) is 41.5 Å². The number of nitrogens with zero attached hydrogens (tertiary/aromatic N) is 2. The van der Waals surface area contributed by atoms with E-state index in [2.05, 4.69) is 0 Å². The molecule has 0 radical (unpaired) electrons. The van der Waals surface area contributed by atoms with Crippen LogP contribution in [-0.4, -0.2) is 26.0 Å². The minimum Gasteiger partial charge on any atom is -0.262 e. The quantitative estimate of drug-likeness (QED) is 0.410. The Morgan fingerprint density at radius 3 is 1.85 bits per heavy atom. The molecule has 0 aliphatic rings. The average Bonchev–Trinajstić information content (AvgIpc) is 2.59. The number of hydrogen-bond donors (Lipinski definition) is 0. The zero-order valence-corrected chi connectivity index (χ0v) is 17.8. The fourth-order valence-electron chi connectivity index (χ4n) is 2.24. The Labute approximate surface area is 178 Å². The molecule has 2 aromatic rings. The second-order valence-corrected chi connectivity index (χ2v) is 7.86. The maximum atomic E-state index is 13.1. The van der Waals surface area contributed by atoms with Gasteiger partial charge in [-0.25, -0.2) is 9.18 Å². The first kappa shape index (κ1) is 23.7. The summed E-state index contributed by atoms with van der Waals surface area (Å²) in [5.41, 5.74) is -0.648. The third-order valence-corrected chi connectivity index (χ3v) is 5.27. The largest absolute Gasteiger partial charge is 0.390 e. The summed E-state index contributed by atoms with van der Waals surface area (Å²) in [6.07, 6.45) is 0. The molecule has 2 amide bonds. The van der Waals surface area contributed by atoms with Gasteiger partial charge in [-0.2, -0.15) is 0 Å². The first-order chi connectivity index (χ1) is 12.0. The average molecular weight is 455 g/mol. The predicted molar refractivity (Wildman–Crippen MR) is 107 cm³/mol. The molecule has 1 atom stereocenters. The lowest BCUT2D eigenvalue weighted by atomic mass is 10.1. The second kappa shape index (κ2) is 8.76. The van der Waals surface area contributed by atoms with E-state index in [1.807, 2.05) is 0 Å². The van der Waals surface area contributed by atoms with E-state index in [4.69, 9.17) is 35.2 Å². The standard InChI is InChI=1S/C18H17Cl3FN2O2.ClH/c1-18(2,3)24(21,17(26)13-4-8-14(19)9-5-13)23(20)16(25)12-6-10-15(22)11-7-12;/h4-11H,1-3H3;1H/q+1;. The Hall–Kier alpha value is -1.37. The number of benzene rings is 2. The minimum atomic E-state index is -1.05. The van der Waals surface area contributed by atoms with Gasteiger partial charge in [-0.05, 0) is 73.4 Å². The summed E-state index contributed by atoms with van der Waals surface area (Å²) in [6, 6.07) is 10.9. The molecule has 0 aromatic heterocycles. The molecule has 2 rings (SSSR count). The van der Waals surface area contributed by atoms with Crippen molar-refractivity contribution in [2.24, 2.45) is 0 Å². The number of quaternary nitrogens is 1. The fraction of sp³-hybridized carbons (Fsp3) is 0.222. The molecule has 2 aromatic carbocycles. The van der Waals surface area contributed by atoms with Crippen LogP contribution in [0.3, 0.4) is 0 Å². The zero-order chi connectivity index (χ0) is 19.7. The monoisotopic (exact) mass is 453 g/mol. The van der Waals surface area contributed by atoms with E-state index in [0.717, 1.165) is 12.1 Å². The molecule has 146 valence electrons. The Bertz CT molecular complexity index is 823. The summed E-state index contributed by atoms with van der Waals surface area (Å²) in [4.78, 5) is 25.9. The molecular formula is C18H18Cl4FN2O2+. The molecule has 0 N–H and O–H groups in total. The Morgan fingerprint density at radius 2 is 1.41 bits per heavy atom. The van der Waals surface area contributed by atoms with E-state index in [-0.39, 0.29) is 23.5 Å². The maximum Gasteiger partial charge on any atom is 0.390 e. The third kappa shape index (κ3) is 4.73.